The molecule has 0 amide bonds. The molecule has 84 valence electrons. The van der Waals surface area contributed by atoms with Gasteiger partial charge in [-0.25, -0.2) is 0 Å². The van der Waals surface area contributed by atoms with Crippen LogP contribution in [0, 0.1) is 10.8 Å². The topological polar surface area (TPSA) is 43.1 Å². The van der Waals surface area contributed by atoms with E-state index in [0.29, 0.717) is 6.42 Å². The van der Waals surface area contributed by atoms with Crippen LogP contribution in [0.5, 0.6) is 0 Å². The summed E-state index contributed by atoms with van der Waals surface area (Å²) in [6.45, 7) is 12.4. The largest absolute Gasteiger partial charge is 0.321 e. The molecule has 0 heterocycles. The maximum Gasteiger partial charge on any atom is 0.150 e. The molecule has 2 nitrogen and oxygen atoms in total. The molecule has 0 aromatic rings. The second-order valence-corrected chi connectivity index (χ2v) is 6.37. The molecule has 0 saturated carbocycles. The SMILES string of the molecule is CC(C)(C)CCC(=O)C(N)C(C)(C)C. The molecule has 0 radical (unpaired) electrons. The third-order valence-corrected chi connectivity index (χ3v) is 2.40. The highest BCUT2D eigenvalue weighted by Gasteiger charge is 2.27. The molecule has 0 aliphatic rings. The van der Waals surface area contributed by atoms with E-state index in [4.69, 9.17) is 5.73 Å². The van der Waals surface area contributed by atoms with E-state index in [-0.39, 0.29) is 22.7 Å². The highest BCUT2D eigenvalue weighted by Crippen LogP contribution is 2.24. The maximum absolute atomic E-state index is 11.7. The third kappa shape index (κ3) is 5.38. The number of carbonyl (C=O) groups excluding carboxylic acids is 1. The number of hydrogen-bond donors (Lipinski definition) is 1. The molecule has 0 aliphatic carbocycles. The Labute approximate surface area is 88.3 Å². The molecule has 14 heavy (non-hydrogen) atoms. The normalized spacial score (nSPS) is 15.4. The Hall–Kier alpha value is -0.370. The van der Waals surface area contributed by atoms with Crippen LogP contribution >= 0.6 is 0 Å². The fourth-order valence-corrected chi connectivity index (χ4v) is 1.14. The van der Waals surface area contributed by atoms with Crippen molar-refractivity contribution in [3.8, 4) is 0 Å². The first kappa shape index (κ1) is 13.6. The minimum atomic E-state index is -0.329. The smallest absolute Gasteiger partial charge is 0.150 e. The van der Waals surface area contributed by atoms with Crippen molar-refractivity contribution in [2.24, 2.45) is 16.6 Å². The molecule has 0 bridgehead atoms. The van der Waals surface area contributed by atoms with Crippen molar-refractivity contribution in [2.45, 2.75) is 60.4 Å². The number of hydrogen-bond acceptors (Lipinski definition) is 2. The van der Waals surface area contributed by atoms with Crippen molar-refractivity contribution in [3.05, 3.63) is 0 Å². The van der Waals surface area contributed by atoms with Crippen molar-refractivity contribution in [1.29, 1.82) is 0 Å². The predicted octanol–water partition coefficient (Wildman–Crippen LogP) is 2.76. The van der Waals surface area contributed by atoms with Crippen LogP contribution < -0.4 is 5.73 Å². The first-order valence-corrected chi connectivity index (χ1v) is 5.32. The van der Waals surface area contributed by atoms with Crippen LogP contribution in [0.15, 0.2) is 0 Å². The molecular formula is C12H25NO. The maximum atomic E-state index is 11.7. The number of ketones is 1. The van der Waals surface area contributed by atoms with Gasteiger partial charge in [0.2, 0.25) is 0 Å². The van der Waals surface area contributed by atoms with Crippen molar-refractivity contribution in [1.82, 2.24) is 0 Å². The minimum Gasteiger partial charge on any atom is -0.321 e. The van der Waals surface area contributed by atoms with E-state index in [1.807, 2.05) is 20.8 Å². The zero-order valence-electron chi connectivity index (χ0n) is 10.5. The van der Waals surface area contributed by atoms with E-state index in [9.17, 15) is 4.79 Å². The van der Waals surface area contributed by atoms with Crippen LogP contribution in [0.25, 0.3) is 0 Å². The molecule has 2 N–H and O–H groups in total. The molecule has 0 fully saturated rings. The zero-order valence-corrected chi connectivity index (χ0v) is 10.5. The van der Waals surface area contributed by atoms with Crippen molar-refractivity contribution < 1.29 is 4.79 Å². The van der Waals surface area contributed by atoms with Gasteiger partial charge in [0.1, 0.15) is 5.78 Å². The van der Waals surface area contributed by atoms with Crippen molar-refractivity contribution in [2.75, 3.05) is 0 Å². The number of carbonyl (C=O) groups is 1. The summed E-state index contributed by atoms with van der Waals surface area (Å²) in [7, 11) is 0. The monoisotopic (exact) mass is 199 g/mol. The Morgan fingerprint density at radius 2 is 1.57 bits per heavy atom. The summed E-state index contributed by atoms with van der Waals surface area (Å²) in [6, 6.07) is -0.329. The first-order valence-electron chi connectivity index (χ1n) is 5.32. The summed E-state index contributed by atoms with van der Waals surface area (Å²) in [5.41, 5.74) is 5.97. The van der Waals surface area contributed by atoms with Crippen LogP contribution in [-0.2, 0) is 4.79 Å². The minimum absolute atomic E-state index is 0.116. The molecule has 0 saturated heterocycles. The Morgan fingerprint density at radius 3 is 1.86 bits per heavy atom. The van der Waals surface area contributed by atoms with Gasteiger partial charge in [-0.3, -0.25) is 4.79 Å². The summed E-state index contributed by atoms with van der Waals surface area (Å²) in [6.07, 6.45) is 1.51. The van der Waals surface area contributed by atoms with E-state index in [2.05, 4.69) is 20.8 Å². The van der Waals surface area contributed by atoms with Crippen LogP contribution in [0.3, 0.4) is 0 Å². The second-order valence-electron chi connectivity index (χ2n) is 6.37. The van der Waals surface area contributed by atoms with E-state index in [1.165, 1.54) is 0 Å². The van der Waals surface area contributed by atoms with E-state index >= 15 is 0 Å². The van der Waals surface area contributed by atoms with Gasteiger partial charge < -0.3 is 5.73 Å². The fraction of sp³-hybridized carbons (Fsp3) is 0.917. The quantitative estimate of drug-likeness (QED) is 0.759. The molecule has 0 aromatic carbocycles. The first-order chi connectivity index (χ1) is 6.04. The van der Waals surface area contributed by atoms with Crippen LogP contribution in [0.1, 0.15) is 54.4 Å². The lowest BCUT2D eigenvalue weighted by Crippen LogP contribution is -2.42. The molecule has 0 aliphatic heterocycles. The van der Waals surface area contributed by atoms with E-state index in [1.54, 1.807) is 0 Å². The summed E-state index contributed by atoms with van der Waals surface area (Å²) >= 11 is 0. The van der Waals surface area contributed by atoms with E-state index < -0.39 is 0 Å². The van der Waals surface area contributed by atoms with E-state index in [0.717, 1.165) is 6.42 Å². The number of rotatable bonds is 3. The molecule has 0 spiro atoms. The number of Topliss-reactive ketones (excluding diaryl/α,β-unsaturated/α-hetero) is 1. The standard InChI is InChI=1S/C12H25NO/c1-11(2,3)8-7-9(14)10(13)12(4,5)6/h10H,7-8,13H2,1-6H3. The Kier molecular flexibility index (Phi) is 4.32. The lowest BCUT2D eigenvalue weighted by atomic mass is 9.81. The zero-order chi connectivity index (χ0) is 11.6. The van der Waals surface area contributed by atoms with Crippen LogP contribution in [-0.4, -0.2) is 11.8 Å². The Balaban J connectivity index is 4.11. The highest BCUT2D eigenvalue weighted by molar-refractivity contribution is 5.84. The van der Waals surface area contributed by atoms with Gasteiger partial charge in [0.15, 0.2) is 0 Å². The average molecular weight is 199 g/mol. The van der Waals surface area contributed by atoms with Crippen LogP contribution in [0.2, 0.25) is 0 Å². The van der Waals surface area contributed by atoms with Gasteiger partial charge in [-0.05, 0) is 17.3 Å². The summed E-state index contributed by atoms with van der Waals surface area (Å²) in [5.74, 6) is 0.187. The molecular weight excluding hydrogens is 174 g/mol. The Morgan fingerprint density at radius 1 is 1.14 bits per heavy atom. The molecule has 2 heteroatoms. The number of nitrogens with two attached hydrogens (primary N) is 1. The lowest BCUT2D eigenvalue weighted by molar-refractivity contribution is -0.122. The van der Waals surface area contributed by atoms with Gasteiger partial charge >= 0.3 is 0 Å². The average Bonchev–Trinajstić information content (AvgIpc) is 1.95. The summed E-state index contributed by atoms with van der Waals surface area (Å²) < 4.78 is 0. The molecule has 1 unspecified atom stereocenters. The van der Waals surface area contributed by atoms with Gasteiger partial charge in [-0.15, -0.1) is 0 Å². The van der Waals surface area contributed by atoms with Crippen molar-refractivity contribution >= 4 is 5.78 Å². The Bertz CT molecular complexity index is 195. The highest BCUT2D eigenvalue weighted by atomic mass is 16.1. The predicted molar refractivity (Wildman–Crippen MR) is 61.1 cm³/mol. The van der Waals surface area contributed by atoms with Gasteiger partial charge in [-0.1, -0.05) is 41.5 Å². The fourth-order valence-electron chi connectivity index (χ4n) is 1.14. The molecule has 0 aromatic heterocycles. The third-order valence-electron chi connectivity index (χ3n) is 2.40. The van der Waals surface area contributed by atoms with Crippen LogP contribution in [0.4, 0.5) is 0 Å². The second kappa shape index (κ2) is 4.43. The summed E-state index contributed by atoms with van der Waals surface area (Å²) in [5, 5.41) is 0. The summed E-state index contributed by atoms with van der Waals surface area (Å²) in [4.78, 5) is 11.7. The van der Waals surface area contributed by atoms with Crippen molar-refractivity contribution in [3.63, 3.8) is 0 Å². The lowest BCUT2D eigenvalue weighted by Gasteiger charge is -2.27. The molecule has 0 rings (SSSR count). The van der Waals surface area contributed by atoms with Gasteiger partial charge in [0.05, 0.1) is 6.04 Å². The van der Waals surface area contributed by atoms with Gasteiger partial charge in [-0.2, -0.15) is 0 Å². The van der Waals surface area contributed by atoms with Gasteiger partial charge in [0, 0.05) is 6.42 Å². The van der Waals surface area contributed by atoms with Gasteiger partial charge in [0.25, 0.3) is 0 Å². The molecule has 1 atom stereocenters.